The summed E-state index contributed by atoms with van der Waals surface area (Å²) in [5, 5.41) is 0. The van der Waals surface area contributed by atoms with Crippen LogP contribution in [0.3, 0.4) is 0 Å². The summed E-state index contributed by atoms with van der Waals surface area (Å²) in [5.74, 6) is 0. The fraction of sp³-hybridized carbons (Fsp3) is 0.143. The lowest BCUT2D eigenvalue weighted by molar-refractivity contribution is 0.185. The second-order valence-electron chi connectivity index (χ2n) is 3.50. The van der Waals surface area contributed by atoms with Gasteiger partial charge < -0.3 is 4.74 Å². The van der Waals surface area contributed by atoms with E-state index in [1.54, 1.807) is 7.11 Å². The normalized spacial score (nSPS) is 10.2. The zero-order valence-corrected chi connectivity index (χ0v) is 8.81. The molecule has 0 aliphatic rings. The van der Waals surface area contributed by atoms with Gasteiger partial charge in [0.05, 0.1) is 6.61 Å². The number of methoxy groups -OCH3 is 1. The van der Waals surface area contributed by atoms with Crippen LogP contribution in [-0.2, 0) is 11.3 Å². The van der Waals surface area contributed by atoms with Crippen molar-refractivity contribution in [1.29, 1.82) is 0 Å². The van der Waals surface area contributed by atoms with Gasteiger partial charge >= 0.3 is 0 Å². The van der Waals surface area contributed by atoms with Crippen molar-refractivity contribution in [2.45, 2.75) is 6.61 Å². The summed E-state index contributed by atoms with van der Waals surface area (Å²) in [7, 11) is 1.71. The summed E-state index contributed by atoms with van der Waals surface area (Å²) in [6.07, 6.45) is 0. The van der Waals surface area contributed by atoms with Crippen LogP contribution in [0.4, 0.5) is 0 Å². The maximum atomic E-state index is 5.07. The van der Waals surface area contributed by atoms with E-state index >= 15 is 0 Å². The highest BCUT2D eigenvalue weighted by molar-refractivity contribution is 5.63. The largest absolute Gasteiger partial charge is 0.380 e. The average molecular weight is 198 g/mol. The fourth-order valence-corrected chi connectivity index (χ4v) is 1.59. The Kier molecular flexibility index (Phi) is 3.15. The number of rotatable bonds is 3. The molecule has 0 saturated carbocycles. The molecule has 0 aromatic heterocycles. The molecule has 0 spiro atoms. The molecule has 2 rings (SSSR count). The molecule has 2 aromatic carbocycles. The zero-order valence-electron chi connectivity index (χ0n) is 8.81. The van der Waals surface area contributed by atoms with Crippen LogP contribution in [-0.4, -0.2) is 7.11 Å². The molecular weight excluding hydrogens is 184 g/mol. The summed E-state index contributed by atoms with van der Waals surface area (Å²) >= 11 is 0. The van der Waals surface area contributed by atoms with E-state index in [0.717, 1.165) is 0 Å². The van der Waals surface area contributed by atoms with Crippen LogP contribution in [0.2, 0.25) is 0 Å². The first-order valence-corrected chi connectivity index (χ1v) is 5.03. The molecule has 0 radical (unpaired) electrons. The van der Waals surface area contributed by atoms with Crippen molar-refractivity contribution < 1.29 is 4.74 Å². The molecule has 0 aliphatic carbocycles. The van der Waals surface area contributed by atoms with Crippen molar-refractivity contribution in [3.8, 4) is 11.1 Å². The standard InChI is InChI=1S/C14H14O/c1-15-11-12-7-9-14(10-8-12)13-5-3-2-4-6-13/h2-10H,11H2,1H3. The highest BCUT2D eigenvalue weighted by Crippen LogP contribution is 2.19. The van der Waals surface area contributed by atoms with Crippen molar-refractivity contribution in [3.63, 3.8) is 0 Å². The number of benzene rings is 2. The Morgan fingerprint density at radius 2 is 1.40 bits per heavy atom. The van der Waals surface area contributed by atoms with E-state index in [1.165, 1.54) is 16.7 Å². The first kappa shape index (κ1) is 9.94. The van der Waals surface area contributed by atoms with Crippen molar-refractivity contribution in [2.75, 3.05) is 7.11 Å². The van der Waals surface area contributed by atoms with Gasteiger partial charge in [-0.15, -0.1) is 0 Å². The summed E-state index contributed by atoms with van der Waals surface area (Å²) in [4.78, 5) is 0. The van der Waals surface area contributed by atoms with E-state index in [0.29, 0.717) is 6.61 Å². The van der Waals surface area contributed by atoms with Crippen LogP contribution in [0.25, 0.3) is 11.1 Å². The lowest BCUT2D eigenvalue weighted by Gasteiger charge is -2.03. The highest BCUT2D eigenvalue weighted by atomic mass is 16.5. The molecule has 0 amide bonds. The van der Waals surface area contributed by atoms with Crippen molar-refractivity contribution in [1.82, 2.24) is 0 Å². The van der Waals surface area contributed by atoms with Gasteiger partial charge in [-0.1, -0.05) is 54.6 Å². The Labute approximate surface area is 90.3 Å². The number of hydrogen-bond donors (Lipinski definition) is 0. The van der Waals surface area contributed by atoms with Gasteiger partial charge in [0, 0.05) is 7.11 Å². The van der Waals surface area contributed by atoms with Crippen LogP contribution >= 0.6 is 0 Å². The molecule has 1 heteroatoms. The van der Waals surface area contributed by atoms with E-state index < -0.39 is 0 Å². The molecule has 1 nitrogen and oxygen atoms in total. The molecule has 0 aliphatic heterocycles. The molecule has 0 saturated heterocycles. The molecule has 76 valence electrons. The van der Waals surface area contributed by atoms with Crippen molar-refractivity contribution in [3.05, 3.63) is 60.2 Å². The Hall–Kier alpha value is -1.60. The zero-order chi connectivity index (χ0) is 10.5. The molecule has 0 fully saturated rings. The Morgan fingerprint density at radius 1 is 0.800 bits per heavy atom. The average Bonchev–Trinajstić information content (AvgIpc) is 2.32. The topological polar surface area (TPSA) is 9.23 Å². The van der Waals surface area contributed by atoms with Gasteiger partial charge in [0.15, 0.2) is 0 Å². The maximum absolute atomic E-state index is 5.07. The van der Waals surface area contributed by atoms with Crippen molar-refractivity contribution >= 4 is 0 Å². The third-order valence-corrected chi connectivity index (χ3v) is 2.37. The van der Waals surface area contributed by atoms with E-state index in [4.69, 9.17) is 4.74 Å². The Bertz CT molecular complexity index is 403. The molecule has 0 N–H and O–H groups in total. The fourth-order valence-electron chi connectivity index (χ4n) is 1.59. The van der Waals surface area contributed by atoms with Crippen LogP contribution in [0, 0.1) is 0 Å². The SMILES string of the molecule is COCc1ccc(-c2ccccc2)cc1. The van der Waals surface area contributed by atoms with E-state index in [9.17, 15) is 0 Å². The molecule has 2 aromatic rings. The minimum absolute atomic E-state index is 0.676. The van der Waals surface area contributed by atoms with Gasteiger partial charge in [-0.25, -0.2) is 0 Å². The van der Waals surface area contributed by atoms with Crippen LogP contribution in [0.15, 0.2) is 54.6 Å². The minimum Gasteiger partial charge on any atom is -0.380 e. The quantitative estimate of drug-likeness (QED) is 0.733. The van der Waals surface area contributed by atoms with Gasteiger partial charge in [0.1, 0.15) is 0 Å². The van der Waals surface area contributed by atoms with Crippen LogP contribution in [0.5, 0.6) is 0 Å². The molecule has 0 atom stereocenters. The predicted octanol–water partition coefficient (Wildman–Crippen LogP) is 3.50. The third-order valence-electron chi connectivity index (χ3n) is 2.37. The number of hydrogen-bond acceptors (Lipinski definition) is 1. The molecule has 0 heterocycles. The molecular formula is C14H14O. The minimum atomic E-state index is 0.676. The predicted molar refractivity (Wildman–Crippen MR) is 62.6 cm³/mol. The van der Waals surface area contributed by atoms with E-state index in [2.05, 4.69) is 48.5 Å². The molecule has 15 heavy (non-hydrogen) atoms. The van der Waals surface area contributed by atoms with Gasteiger partial charge in [0.25, 0.3) is 0 Å². The Morgan fingerprint density at radius 3 is 2.00 bits per heavy atom. The maximum Gasteiger partial charge on any atom is 0.0713 e. The van der Waals surface area contributed by atoms with E-state index in [1.807, 2.05) is 6.07 Å². The van der Waals surface area contributed by atoms with Crippen LogP contribution < -0.4 is 0 Å². The second kappa shape index (κ2) is 4.76. The van der Waals surface area contributed by atoms with Crippen molar-refractivity contribution in [2.24, 2.45) is 0 Å². The molecule has 0 bridgehead atoms. The van der Waals surface area contributed by atoms with Gasteiger partial charge in [-0.3, -0.25) is 0 Å². The summed E-state index contributed by atoms with van der Waals surface area (Å²) in [6, 6.07) is 18.8. The number of ether oxygens (including phenoxy) is 1. The first-order valence-electron chi connectivity index (χ1n) is 5.03. The first-order chi connectivity index (χ1) is 7.40. The van der Waals surface area contributed by atoms with Gasteiger partial charge in [-0.2, -0.15) is 0 Å². The Balaban J connectivity index is 2.24. The van der Waals surface area contributed by atoms with E-state index in [-0.39, 0.29) is 0 Å². The summed E-state index contributed by atoms with van der Waals surface area (Å²) < 4.78 is 5.07. The van der Waals surface area contributed by atoms with Gasteiger partial charge in [-0.05, 0) is 16.7 Å². The smallest absolute Gasteiger partial charge is 0.0713 e. The lowest BCUT2D eigenvalue weighted by atomic mass is 10.0. The third kappa shape index (κ3) is 2.45. The highest BCUT2D eigenvalue weighted by Gasteiger charge is 1.96. The monoisotopic (exact) mass is 198 g/mol. The summed E-state index contributed by atoms with van der Waals surface area (Å²) in [5.41, 5.74) is 3.70. The van der Waals surface area contributed by atoms with Crippen LogP contribution in [0.1, 0.15) is 5.56 Å². The summed E-state index contributed by atoms with van der Waals surface area (Å²) in [6.45, 7) is 0.676. The van der Waals surface area contributed by atoms with Gasteiger partial charge in [0.2, 0.25) is 0 Å². The lowest BCUT2D eigenvalue weighted by Crippen LogP contribution is -1.86. The second-order valence-corrected chi connectivity index (χ2v) is 3.50. The molecule has 0 unspecified atom stereocenters.